The summed E-state index contributed by atoms with van der Waals surface area (Å²) in [5.74, 6) is 2.46. The largest absolute Gasteiger partial charge is 0.395 e. The first kappa shape index (κ1) is 18.1. The molecule has 3 rings (SSSR count). The lowest BCUT2D eigenvalue weighted by molar-refractivity contribution is -0.138. The molecular formula is C19H30N4O2. The summed E-state index contributed by atoms with van der Waals surface area (Å²) in [4.78, 5) is 25.5. The molecule has 2 aliphatic heterocycles. The van der Waals surface area contributed by atoms with Crippen molar-refractivity contribution in [3.8, 4) is 0 Å². The molecule has 2 aliphatic rings. The first-order chi connectivity index (χ1) is 11.9. The minimum Gasteiger partial charge on any atom is -0.395 e. The highest BCUT2D eigenvalue weighted by Gasteiger charge is 2.41. The van der Waals surface area contributed by atoms with Gasteiger partial charge >= 0.3 is 0 Å². The fraction of sp³-hybridized carbons (Fsp3) is 0.737. The quantitative estimate of drug-likeness (QED) is 0.904. The first-order valence-electron chi connectivity index (χ1n) is 9.42. The number of aliphatic hydroxyl groups excluding tert-OH is 1. The van der Waals surface area contributed by atoms with Crippen LogP contribution in [0.4, 0.5) is 5.82 Å². The summed E-state index contributed by atoms with van der Waals surface area (Å²) in [7, 11) is 0. The fourth-order valence-electron chi connectivity index (χ4n) is 4.04. The SMILES string of the molecule is Cc1cc(N2CCC3(CCC(=O)N(CCO)C3)CC2)nc(C(C)C)n1. The monoisotopic (exact) mass is 346 g/mol. The molecule has 0 radical (unpaired) electrons. The average molecular weight is 346 g/mol. The first-order valence-corrected chi connectivity index (χ1v) is 9.42. The van der Waals surface area contributed by atoms with Gasteiger partial charge in [-0.15, -0.1) is 0 Å². The lowest BCUT2D eigenvalue weighted by Gasteiger charge is -2.47. The topological polar surface area (TPSA) is 69.6 Å². The Morgan fingerprint density at radius 3 is 2.60 bits per heavy atom. The predicted octanol–water partition coefficient (Wildman–Crippen LogP) is 2.11. The van der Waals surface area contributed by atoms with Crippen LogP contribution in [-0.4, -0.2) is 58.7 Å². The summed E-state index contributed by atoms with van der Waals surface area (Å²) in [6, 6.07) is 2.08. The molecular weight excluding hydrogens is 316 g/mol. The predicted molar refractivity (Wildman–Crippen MR) is 97.6 cm³/mol. The van der Waals surface area contributed by atoms with Crippen molar-refractivity contribution < 1.29 is 9.90 Å². The Morgan fingerprint density at radius 2 is 1.96 bits per heavy atom. The number of aliphatic hydroxyl groups is 1. The maximum absolute atomic E-state index is 12.0. The Labute approximate surface area is 150 Å². The van der Waals surface area contributed by atoms with Crippen molar-refractivity contribution in [3.63, 3.8) is 0 Å². The number of aryl methyl sites for hydroxylation is 1. The Morgan fingerprint density at radius 1 is 1.24 bits per heavy atom. The van der Waals surface area contributed by atoms with Crippen LogP contribution in [0.1, 0.15) is 57.0 Å². The zero-order chi connectivity index (χ0) is 18.0. The second kappa shape index (κ2) is 7.28. The van der Waals surface area contributed by atoms with Crippen LogP contribution in [0.2, 0.25) is 0 Å². The number of amides is 1. The van der Waals surface area contributed by atoms with Gasteiger partial charge in [-0.05, 0) is 31.6 Å². The van der Waals surface area contributed by atoms with Gasteiger partial charge in [-0.3, -0.25) is 4.79 Å². The lowest BCUT2D eigenvalue weighted by Crippen LogP contribution is -2.52. The van der Waals surface area contributed by atoms with Gasteiger partial charge < -0.3 is 14.9 Å². The Bertz CT molecular complexity index is 624. The summed E-state index contributed by atoms with van der Waals surface area (Å²) in [5, 5.41) is 9.19. The van der Waals surface area contributed by atoms with Crippen LogP contribution in [-0.2, 0) is 4.79 Å². The summed E-state index contributed by atoms with van der Waals surface area (Å²) >= 11 is 0. The number of hydrogen-bond donors (Lipinski definition) is 1. The molecule has 3 heterocycles. The van der Waals surface area contributed by atoms with Crippen LogP contribution in [0.15, 0.2) is 6.07 Å². The van der Waals surface area contributed by atoms with Gasteiger partial charge in [-0.1, -0.05) is 13.8 Å². The van der Waals surface area contributed by atoms with E-state index >= 15 is 0 Å². The highest BCUT2D eigenvalue weighted by molar-refractivity contribution is 5.77. The maximum atomic E-state index is 12.0. The minimum atomic E-state index is 0.0478. The lowest BCUT2D eigenvalue weighted by atomic mass is 9.72. The second-order valence-corrected chi connectivity index (χ2v) is 7.91. The van der Waals surface area contributed by atoms with Gasteiger partial charge in [0.05, 0.1) is 6.61 Å². The summed E-state index contributed by atoms with van der Waals surface area (Å²) < 4.78 is 0. The van der Waals surface area contributed by atoms with Crippen LogP contribution in [0.3, 0.4) is 0 Å². The minimum absolute atomic E-state index is 0.0478. The van der Waals surface area contributed by atoms with E-state index < -0.39 is 0 Å². The van der Waals surface area contributed by atoms with Crippen molar-refractivity contribution in [1.82, 2.24) is 14.9 Å². The molecule has 6 heteroatoms. The summed E-state index contributed by atoms with van der Waals surface area (Å²) in [6.07, 6.45) is 3.73. The number of likely N-dealkylation sites (tertiary alicyclic amines) is 1. The molecule has 2 saturated heterocycles. The third-order valence-electron chi connectivity index (χ3n) is 5.64. The molecule has 0 aromatic carbocycles. The van der Waals surface area contributed by atoms with Crippen molar-refractivity contribution in [2.45, 2.75) is 52.4 Å². The van der Waals surface area contributed by atoms with Crippen LogP contribution < -0.4 is 4.90 Å². The molecule has 0 bridgehead atoms. The number of rotatable bonds is 4. The number of nitrogens with zero attached hydrogens (tertiary/aromatic N) is 4. The molecule has 138 valence electrons. The molecule has 0 aliphatic carbocycles. The highest BCUT2D eigenvalue weighted by atomic mass is 16.3. The Kier molecular flexibility index (Phi) is 5.27. The van der Waals surface area contributed by atoms with Crippen molar-refractivity contribution in [1.29, 1.82) is 0 Å². The number of carbonyl (C=O) groups is 1. The molecule has 2 fully saturated rings. The van der Waals surface area contributed by atoms with Gasteiger partial charge in [0.15, 0.2) is 0 Å². The molecule has 1 aromatic heterocycles. The van der Waals surface area contributed by atoms with Crippen LogP contribution in [0, 0.1) is 12.3 Å². The maximum Gasteiger partial charge on any atom is 0.222 e. The smallest absolute Gasteiger partial charge is 0.222 e. The summed E-state index contributed by atoms with van der Waals surface area (Å²) in [5.41, 5.74) is 1.23. The molecule has 0 atom stereocenters. The molecule has 6 nitrogen and oxygen atoms in total. The number of carbonyl (C=O) groups excluding carboxylic acids is 1. The zero-order valence-corrected chi connectivity index (χ0v) is 15.7. The van der Waals surface area contributed by atoms with Crippen molar-refractivity contribution in [2.75, 3.05) is 37.7 Å². The van der Waals surface area contributed by atoms with Crippen molar-refractivity contribution >= 4 is 11.7 Å². The number of hydrogen-bond acceptors (Lipinski definition) is 5. The van der Waals surface area contributed by atoms with Gasteiger partial charge in [-0.2, -0.15) is 0 Å². The standard InChI is InChI=1S/C19H30N4O2/c1-14(2)18-20-15(3)12-16(21-18)22-8-6-19(7-9-22)5-4-17(25)23(13-19)10-11-24/h12,14,24H,4-11,13H2,1-3H3. The molecule has 25 heavy (non-hydrogen) atoms. The van der Waals surface area contributed by atoms with Crippen LogP contribution in [0.5, 0.6) is 0 Å². The third kappa shape index (κ3) is 3.94. The van der Waals surface area contributed by atoms with E-state index in [1.165, 1.54) is 0 Å². The van der Waals surface area contributed by atoms with Gasteiger partial charge in [0.2, 0.25) is 5.91 Å². The average Bonchev–Trinajstić information content (AvgIpc) is 2.59. The zero-order valence-electron chi connectivity index (χ0n) is 15.7. The van der Waals surface area contributed by atoms with E-state index in [9.17, 15) is 9.90 Å². The van der Waals surface area contributed by atoms with E-state index in [-0.39, 0.29) is 17.9 Å². The Balaban J connectivity index is 1.69. The van der Waals surface area contributed by atoms with Gasteiger partial charge in [0.25, 0.3) is 0 Å². The van der Waals surface area contributed by atoms with Crippen molar-refractivity contribution in [3.05, 3.63) is 17.6 Å². The normalized spacial score (nSPS) is 20.6. The summed E-state index contributed by atoms with van der Waals surface area (Å²) in [6.45, 7) is 9.52. The Hall–Kier alpha value is -1.69. The van der Waals surface area contributed by atoms with Crippen LogP contribution in [0.25, 0.3) is 0 Å². The number of piperidine rings is 2. The van der Waals surface area contributed by atoms with E-state index in [0.717, 1.165) is 56.2 Å². The number of aromatic nitrogens is 2. The van der Waals surface area contributed by atoms with Gasteiger partial charge in [0.1, 0.15) is 11.6 Å². The molecule has 1 N–H and O–H groups in total. The second-order valence-electron chi connectivity index (χ2n) is 7.91. The number of anilines is 1. The van der Waals surface area contributed by atoms with Gasteiger partial charge in [-0.25, -0.2) is 9.97 Å². The van der Waals surface area contributed by atoms with E-state index in [1.54, 1.807) is 0 Å². The number of β-amino-alcohol motifs (C(OH)–C–C–N with tert-alkyl or cyclic N) is 1. The molecule has 0 unspecified atom stereocenters. The van der Waals surface area contributed by atoms with E-state index in [0.29, 0.717) is 18.9 Å². The molecule has 0 saturated carbocycles. The van der Waals surface area contributed by atoms with Crippen LogP contribution >= 0.6 is 0 Å². The molecule has 1 amide bonds. The van der Waals surface area contributed by atoms with E-state index in [2.05, 4.69) is 29.8 Å². The third-order valence-corrected chi connectivity index (χ3v) is 5.64. The highest BCUT2D eigenvalue weighted by Crippen LogP contribution is 2.41. The fourth-order valence-corrected chi connectivity index (χ4v) is 4.04. The molecule has 1 spiro atoms. The van der Waals surface area contributed by atoms with E-state index in [1.807, 2.05) is 11.8 Å². The van der Waals surface area contributed by atoms with E-state index in [4.69, 9.17) is 4.98 Å². The van der Waals surface area contributed by atoms with Gasteiger partial charge in [0, 0.05) is 50.3 Å². The molecule has 1 aromatic rings. The van der Waals surface area contributed by atoms with Crippen molar-refractivity contribution in [2.24, 2.45) is 5.41 Å².